The molecule has 0 amide bonds. The van der Waals surface area contributed by atoms with Crippen LogP contribution in [0.1, 0.15) is 41.8 Å². The first kappa shape index (κ1) is 12.8. The molecule has 2 aromatic rings. The van der Waals surface area contributed by atoms with Crippen molar-refractivity contribution in [1.29, 1.82) is 0 Å². The molecule has 0 atom stereocenters. The molecule has 6 heteroatoms. The van der Waals surface area contributed by atoms with E-state index in [1.807, 2.05) is 18.5 Å². The summed E-state index contributed by atoms with van der Waals surface area (Å²) in [6, 6.07) is 0. The Morgan fingerprint density at radius 2 is 2.11 bits per heavy atom. The van der Waals surface area contributed by atoms with Crippen molar-refractivity contribution in [3.63, 3.8) is 0 Å². The van der Waals surface area contributed by atoms with Gasteiger partial charge in [-0.05, 0) is 20.3 Å². The van der Waals surface area contributed by atoms with Gasteiger partial charge in [0.05, 0.1) is 23.6 Å². The summed E-state index contributed by atoms with van der Waals surface area (Å²) < 4.78 is 7.07. The van der Waals surface area contributed by atoms with Gasteiger partial charge in [-0.1, -0.05) is 23.7 Å². The molecule has 0 aromatic carbocycles. The summed E-state index contributed by atoms with van der Waals surface area (Å²) in [4.78, 5) is 0. The van der Waals surface area contributed by atoms with E-state index in [-0.39, 0.29) is 0 Å². The number of aromatic nitrogens is 4. The molecule has 0 bridgehead atoms. The summed E-state index contributed by atoms with van der Waals surface area (Å²) in [5.74, 6) is 0.833. The smallest absolute Gasteiger partial charge is 0.138 e. The van der Waals surface area contributed by atoms with Crippen LogP contribution in [0.2, 0.25) is 0 Å². The highest BCUT2D eigenvalue weighted by molar-refractivity contribution is 5.22. The standard InChI is InChI=1S/C12H19N5O/c1-4-5-12-11(6-13)14-16-17(12)7-10-8(2)15-18-9(10)3/h4-7,13H2,1-3H3. The Hall–Kier alpha value is -1.69. The van der Waals surface area contributed by atoms with Gasteiger partial charge in [-0.15, -0.1) is 5.10 Å². The summed E-state index contributed by atoms with van der Waals surface area (Å²) in [5, 5.41) is 12.3. The normalized spacial score (nSPS) is 11.1. The monoisotopic (exact) mass is 249 g/mol. The van der Waals surface area contributed by atoms with Gasteiger partial charge < -0.3 is 10.3 Å². The minimum atomic E-state index is 0.428. The molecule has 0 spiro atoms. The first-order chi connectivity index (χ1) is 8.67. The average Bonchev–Trinajstić information content (AvgIpc) is 2.88. The third-order valence-corrected chi connectivity index (χ3v) is 3.09. The van der Waals surface area contributed by atoms with Crippen LogP contribution in [0.3, 0.4) is 0 Å². The summed E-state index contributed by atoms with van der Waals surface area (Å²) in [6.45, 7) is 7.05. The van der Waals surface area contributed by atoms with Gasteiger partial charge in [0.1, 0.15) is 5.76 Å². The van der Waals surface area contributed by atoms with Crippen molar-refractivity contribution in [1.82, 2.24) is 20.2 Å². The summed E-state index contributed by atoms with van der Waals surface area (Å²) in [7, 11) is 0. The van der Waals surface area contributed by atoms with Crippen LogP contribution in [-0.2, 0) is 19.5 Å². The van der Waals surface area contributed by atoms with E-state index in [9.17, 15) is 0 Å². The van der Waals surface area contributed by atoms with Crippen molar-refractivity contribution in [3.8, 4) is 0 Å². The van der Waals surface area contributed by atoms with Crippen LogP contribution in [0, 0.1) is 13.8 Å². The Labute approximate surface area is 106 Å². The van der Waals surface area contributed by atoms with Crippen LogP contribution in [0.15, 0.2) is 4.52 Å². The third kappa shape index (κ3) is 2.28. The van der Waals surface area contributed by atoms with Crippen LogP contribution in [0.4, 0.5) is 0 Å². The van der Waals surface area contributed by atoms with Gasteiger partial charge in [0.15, 0.2) is 0 Å². The maximum absolute atomic E-state index is 5.68. The summed E-state index contributed by atoms with van der Waals surface area (Å²) in [6.07, 6.45) is 1.98. The van der Waals surface area contributed by atoms with Crippen molar-refractivity contribution in [2.45, 2.75) is 46.7 Å². The lowest BCUT2D eigenvalue weighted by atomic mass is 10.1. The van der Waals surface area contributed by atoms with E-state index in [1.54, 1.807) is 0 Å². The fraction of sp³-hybridized carbons (Fsp3) is 0.583. The van der Waals surface area contributed by atoms with Crippen LogP contribution in [-0.4, -0.2) is 20.2 Å². The molecule has 0 saturated carbocycles. The Morgan fingerprint density at radius 1 is 1.33 bits per heavy atom. The zero-order chi connectivity index (χ0) is 13.1. The molecule has 0 radical (unpaired) electrons. The lowest BCUT2D eigenvalue weighted by molar-refractivity contribution is 0.391. The molecule has 2 aromatic heterocycles. The zero-order valence-corrected chi connectivity index (χ0v) is 11.1. The lowest BCUT2D eigenvalue weighted by Gasteiger charge is -2.06. The first-order valence-corrected chi connectivity index (χ1v) is 6.20. The van der Waals surface area contributed by atoms with E-state index in [1.165, 1.54) is 0 Å². The molecule has 98 valence electrons. The molecule has 2 heterocycles. The number of aryl methyl sites for hydroxylation is 2. The highest BCUT2D eigenvalue weighted by atomic mass is 16.5. The molecule has 2 rings (SSSR count). The van der Waals surface area contributed by atoms with Crippen LogP contribution < -0.4 is 5.73 Å². The molecule has 0 unspecified atom stereocenters. The number of nitrogens with zero attached hydrogens (tertiary/aromatic N) is 4. The second-order valence-electron chi connectivity index (χ2n) is 4.40. The highest BCUT2D eigenvalue weighted by Crippen LogP contribution is 2.16. The van der Waals surface area contributed by atoms with Crippen molar-refractivity contribution < 1.29 is 4.52 Å². The predicted molar refractivity (Wildman–Crippen MR) is 67.0 cm³/mol. The van der Waals surface area contributed by atoms with Crippen LogP contribution >= 0.6 is 0 Å². The second-order valence-corrected chi connectivity index (χ2v) is 4.40. The number of nitrogens with two attached hydrogens (primary N) is 1. The highest BCUT2D eigenvalue weighted by Gasteiger charge is 2.15. The van der Waals surface area contributed by atoms with Gasteiger partial charge in [0, 0.05) is 12.1 Å². The minimum Gasteiger partial charge on any atom is -0.361 e. The van der Waals surface area contributed by atoms with Crippen molar-refractivity contribution >= 4 is 0 Å². The van der Waals surface area contributed by atoms with E-state index >= 15 is 0 Å². The second kappa shape index (κ2) is 5.30. The average molecular weight is 249 g/mol. The summed E-state index contributed by atoms with van der Waals surface area (Å²) >= 11 is 0. The molecule has 0 aliphatic heterocycles. The van der Waals surface area contributed by atoms with Gasteiger partial charge in [-0.2, -0.15) is 0 Å². The maximum Gasteiger partial charge on any atom is 0.138 e. The van der Waals surface area contributed by atoms with E-state index in [0.717, 1.165) is 41.2 Å². The van der Waals surface area contributed by atoms with Crippen LogP contribution in [0.5, 0.6) is 0 Å². The lowest BCUT2D eigenvalue weighted by Crippen LogP contribution is -2.09. The Bertz CT molecular complexity index is 509. The Kier molecular flexibility index (Phi) is 3.76. The first-order valence-electron chi connectivity index (χ1n) is 6.20. The Balaban J connectivity index is 2.31. The van der Waals surface area contributed by atoms with Crippen LogP contribution in [0.25, 0.3) is 0 Å². The predicted octanol–water partition coefficient (Wildman–Crippen LogP) is 1.34. The van der Waals surface area contributed by atoms with E-state index in [4.69, 9.17) is 10.3 Å². The molecule has 18 heavy (non-hydrogen) atoms. The van der Waals surface area contributed by atoms with Crippen molar-refractivity contribution in [3.05, 3.63) is 28.4 Å². The largest absolute Gasteiger partial charge is 0.361 e. The minimum absolute atomic E-state index is 0.428. The van der Waals surface area contributed by atoms with E-state index in [2.05, 4.69) is 22.4 Å². The number of hydrogen-bond donors (Lipinski definition) is 1. The number of rotatable bonds is 5. The van der Waals surface area contributed by atoms with Crippen molar-refractivity contribution in [2.24, 2.45) is 5.73 Å². The van der Waals surface area contributed by atoms with E-state index < -0.39 is 0 Å². The third-order valence-electron chi connectivity index (χ3n) is 3.09. The molecular formula is C12H19N5O. The van der Waals surface area contributed by atoms with Gasteiger partial charge in [-0.25, -0.2) is 4.68 Å². The topological polar surface area (TPSA) is 82.8 Å². The van der Waals surface area contributed by atoms with Gasteiger partial charge in [0.2, 0.25) is 0 Å². The fourth-order valence-electron chi connectivity index (χ4n) is 2.04. The maximum atomic E-state index is 5.68. The van der Waals surface area contributed by atoms with Gasteiger partial charge in [0.25, 0.3) is 0 Å². The molecule has 0 fully saturated rings. The number of hydrogen-bond acceptors (Lipinski definition) is 5. The summed E-state index contributed by atoms with van der Waals surface area (Å²) in [5.41, 5.74) is 9.64. The Morgan fingerprint density at radius 3 is 2.67 bits per heavy atom. The molecule has 0 aliphatic rings. The zero-order valence-electron chi connectivity index (χ0n) is 11.1. The molecule has 0 aliphatic carbocycles. The molecule has 2 N–H and O–H groups in total. The van der Waals surface area contributed by atoms with E-state index in [0.29, 0.717) is 13.1 Å². The molecule has 0 saturated heterocycles. The van der Waals surface area contributed by atoms with Crippen molar-refractivity contribution in [2.75, 3.05) is 0 Å². The SMILES string of the molecule is CCCc1c(CN)nnn1Cc1c(C)noc1C. The van der Waals surface area contributed by atoms with Gasteiger partial charge >= 0.3 is 0 Å². The van der Waals surface area contributed by atoms with Gasteiger partial charge in [-0.3, -0.25) is 0 Å². The quantitative estimate of drug-likeness (QED) is 0.864. The molecule has 6 nitrogen and oxygen atoms in total. The fourth-order valence-corrected chi connectivity index (χ4v) is 2.04. The molecular weight excluding hydrogens is 230 g/mol.